The molecule has 2 heteroatoms. The average molecular weight is 203 g/mol. The Morgan fingerprint density at radius 1 is 1.33 bits per heavy atom. The van der Waals surface area contributed by atoms with Gasteiger partial charge < -0.3 is 10.1 Å². The van der Waals surface area contributed by atoms with Gasteiger partial charge in [0.2, 0.25) is 0 Å². The van der Waals surface area contributed by atoms with Crippen molar-refractivity contribution < 1.29 is 5.11 Å². The monoisotopic (exact) mass is 203 g/mol. The molecule has 0 bridgehead atoms. The first-order valence-corrected chi connectivity index (χ1v) is 5.25. The van der Waals surface area contributed by atoms with Gasteiger partial charge in [-0.25, -0.2) is 0 Å². The Kier molecular flexibility index (Phi) is 2.31. The lowest BCUT2D eigenvalue weighted by Crippen LogP contribution is -2.21. The van der Waals surface area contributed by atoms with Crippen LogP contribution in [0.3, 0.4) is 0 Å². The van der Waals surface area contributed by atoms with Gasteiger partial charge in [0.15, 0.2) is 0 Å². The van der Waals surface area contributed by atoms with E-state index in [0.29, 0.717) is 6.42 Å². The molecule has 2 N–H and O–H groups in total. The molecular formula is C13H17NO. The van der Waals surface area contributed by atoms with Crippen LogP contribution in [0, 0.1) is 6.92 Å². The molecule has 0 aliphatic heterocycles. The number of hydrogen-bond acceptors (Lipinski definition) is 1. The second-order valence-electron chi connectivity index (χ2n) is 4.80. The summed E-state index contributed by atoms with van der Waals surface area (Å²) >= 11 is 0. The standard InChI is InChI=1S/C13H17NO/c1-9-8-14-11-6-4-5-10(12(9)11)7-13(2,3)15/h4-6,8,14-15H,7H2,1-3H3. The molecule has 0 aliphatic rings. The van der Waals surface area contributed by atoms with Crippen molar-refractivity contribution in [3.8, 4) is 0 Å². The van der Waals surface area contributed by atoms with E-state index in [1.165, 1.54) is 16.5 Å². The first kappa shape index (κ1) is 10.2. The SMILES string of the molecule is Cc1c[nH]c2cccc(CC(C)(C)O)c12. The second-order valence-corrected chi connectivity index (χ2v) is 4.80. The van der Waals surface area contributed by atoms with Crippen LogP contribution in [0.5, 0.6) is 0 Å². The first-order valence-electron chi connectivity index (χ1n) is 5.25. The third kappa shape index (κ3) is 2.05. The number of fused-ring (bicyclic) bond motifs is 1. The van der Waals surface area contributed by atoms with Crippen molar-refractivity contribution in [2.75, 3.05) is 0 Å². The molecule has 1 heterocycles. The predicted molar refractivity (Wildman–Crippen MR) is 63.0 cm³/mol. The molecule has 80 valence electrons. The van der Waals surface area contributed by atoms with Crippen molar-refractivity contribution in [2.24, 2.45) is 0 Å². The van der Waals surface area contributed by atoms with Crippen LogP contribution in [0.2, 0.25) is 0 Å². The summed E-state index contributed by atoms with van der Waals surface area (Å²) < 4.78 is 0. The van der Waals surface area contributed by atoms with Crippen LogP contribution in [-0.4, -0.2) is 15.7 Å². The average Bonchev–Trinajstić information content (AvgIpc) is 2.46. The van der Waals surface area contributed by atoms with E-state index >= 15 is 0 Å². The van der Waals surface area contributed by atoms with E-state index in [1.807, 2.05) is 26.1 Å². The summed E-state index contributed by atoms with van der Waals surface area (Å²) in [4.78, 5) is 3.23. The van der Waals surface area contributed by atoms with Gasteiger partial charge in [-0.3, -0.25) is 0 Å². The summed E-state index contributed by atoms with van der Waals surface area (Å²) in [6.07, 6.45) is 2.70. The number of benzene rings is 1. The second kappa shape index (κ2) is 3.38. The van der Waals surface area contributed by atoms with Gasteiger partial charge in [0.05, 0.1) is 5.60 Å². The van der Waals surface area contributed by atoms with E-state index in [2.05, 4.69) is 24.0 Å². The molecule has 1 aromatic heterocycles. The Bertz CT molecular complexity index is 477. The molecule has 0 spiro atoms. The Hall–Kier alpha value is -1.28. The van der Waals surface area contributed by atoms with Crippen molar-refractivity contribution in [1.82, 2.24) is 4.98 Å². The van der Waals surface area contributed by atoms with E-state index in [9.17, 15) is 5.11 Å². The number of aryl methyl sites for hydroxylation is 1. The maximum atomic E-state index is 9.85. The number of aromatic nitrogens is 1. The topological polar surface area (TPSA) is 36.0 Å². The summed E-state index contributed by atoms with van der Waals surface area (Å²) in [5.74, 6) is 0. The molecule has 0 fully saturated rings. The van der Waals surface area contributed by atoms with Crippen LogP contribution in [0.15, 0.2) is 24.4 Å². The van der Waals surface area contributed by atoms with Gasteiger partial charge >= 0.3 is 0 Å². The number of aromatic amines is 1. The molecule has 0 unspecified atom stereocenters. The molecule has 0 saturated heterocycles. The minimum atomic E-state index is -0.655. The lowest BCUT2D eigenvalue weighted by molar-refractivity contribution is 0.0813. The van der Waals surface area contributed by atoms with E-state index in [1.54, 1.807) is 0 Å². The van der Waals surface area contributed by atoms with Crippen LogP contribution in [0.1, 0.15) is 25.0 Å². The largest absolute Gasteiger partial charge is 0.390 e. The molecule has 0 atom stereocenters. The first-order chi connectivity index (χ1) is 6.97. The maximum absolute atomic E-state index is 9.85. The van der Waals surface area contributed by atoms with Crippen LogP contribution in [0.4, 0.5) is 0 Å². The van der Waals surface area contributed by atoms with Gasteiger partial charge in [0.25, 0.3) is 0 Å². The Morgan fingerprint density at radius 2 is 2.07 bits per heavy atom. The van der Waals surface area contributed by atoms with Gasteiger partial charge in [-0.2, -0.15) is 0 Å². The van der Waals surface area contributed by atoms with Gasteiger partial charge in [0, 0.05) is 23.5 Å². The molecule has 0 saturated carbocycles. The van der Waals surface area contributed by atoms with Gasteiger partial charge in [-0.05, 0) is 38.0 Å². The van der Waals surface area contributed by atoms with Crippen LogP contribution >= 0.6 is 0 Å². The maximum Gasteiger partial charge on any atom is 0.0632 e. The van der Waals surface area contributed by atoms with E-state index in [0.717, 1.165) is 5.52 Å². The van der Waals surface area contributed by atoms with E-state index < -0.39 is 5.60 Å². The fraction of sp³-hybridized carbons (Fsp3) is 0.385. The van der Waals surface area contributed by atoms with Crippen LogP contribution in [-0.2, 0) is 6.42 Å². The zero-order valence-electron chi connectivity index (χ0n) is 9.46. The quantitative estimate of drug-likeness (QED) is 0.773. The molecule has 15 heavy (non-hydrogen) atoms. The predicted octanol–water partition coefficient (Wildman–Crippen LogP) is 2.79. The molecule has 0 radical (unpaired) electrons. The lowest BCUT2D eigenvalue weighted by atomic mass is 9.95. The fourth-order valence-electron chi connectivity index (χ4n) is 2.06. The summed E-state index contributed by atoms with van der Waals surface area (Å²) in [5.41, 5.74) is 2.94. The highest BCUT2D eigenvalue weighted by Gasteiger charge is 2.16. The van der Waals surface area contributed by atoms with Gasteiger partial charge in [0.1, 0.15) is 0 Å². The highest BCUT2D eigenvalue weighted by molar-refractivity contribution is 5.86. The number of nitrogens with one attached hydrogen (secondary N) is 1. The van der Waals surface area contributed by atoms with Crippen molar-refractivity contribution >= 4 is 10.9 Å². The molecule has 2 rings (SSSR count). The number of rotatable bonds is 2. The van der Waals surface area contributed by atoms with Crippen LogP contribution < -0.4 is 0 Å². The van der Waals surface area contributed by atoms with E-state index in [-0.39, 0.29) is 0 Å². The Labute approximate surface area is 89.9 Å². The third-order valence-electron chi connectivity index (χ3n) is 2.61. The highest BCUT2D eigenvalue weighted by atomic mass is 16.3. The van der Waals surface area contributed by atoms with Crippen molar-refractivity contribution in [1.29, 1.82) is 0 Å². The van der Waals surface area contributed by atoms with Gasteiger partial charge in [-0.15, -0.1) is 0 Å². The molecule has 1 aromatic carbocycles. The molecule has 0 aliphatic carbocycles. The van der Waals surface area contributed by atoms with Crippen molar-refractivity contribution in [2.45, 2.75) is 32.8 Å². The van der Waals surface area contributed by atoms with Crippen molar-refractivity contribution in [3.05, 3.63) is 35.5 Å². The summed E-state index contributed by atoms with van der Waals surface area (Å²) in [7, 11) is 0. The molecule has 2 aromatic rings. The minimum Gasteiger partial charge on any atom is -0.390 e. The highest BCUT2D eigenvalue weighted by Crippen LogP contribution is 2.25. The molecule has 2 nitrogen and oxygen atoms in total. The number of H-pyrrole nitrogens is 1. The summed E-state index contributed by atoms with van der Waals surface area (Å²) in [5, 5.41) is 11.1. The minimum absolute atomic E-state index is 0.655. The van der Waals surface area contributed by atoms with Crippen LogP contribution in [0.25, 0.3) is 10.9 Å². The molecule has 0 amide bonds. The smallest absolute Gasteiger partial charge is 0.0632 e. The summed E-state index contributed by atoms with van der Waals surface area (Å²) in [6, 6.07) is 6.18. The number of hydrogen-bond donors (Lipinski definition) is 2. The molecular weight excluding hydrogens is 186 g/mol. The number of aliphatic hydroxyl groups is 1. The fourth-order valence-corrected chi connectivity index (χ4v) is 2.06. The van der Waals surface area contributed by atoms with E-state index in [4.69, 9.17) is 0 Å². The zero-order chi connectivity index (χ0) is 11.1. The third-order valence-corrected chi connectivity index (χ3v) is 2.61. The summed E-state index contributed by atoms with van der Waals surface area (Å²) in [6.45, 7) is 5.77. The van der Waals surface area contributed by atoms with Crippen molar-refractivity contribution in [3.63, 3.8) is 0 Å². The zero-order valence-corrected chi connectivity index (χ0v) is 9.46. The Balaban J connectivity index is 2.55. The normalized spacial score (nSPS) is 12.3. The lowest BCUT2D eigenvalue weighted by Gasteiger charge is -2.17. The van der Waals surface area contributed by atoms with Gasteiger partial charge in [-0.1, -0.05) is 12.1 Å². The Morgan fingerprint density at radius 3 is 2.73 bits per heavy atom.